The van der Waals surface area contributed by atoms with Crippen molar-refractivity contribution in [3.05, 3.63) is 27.7 Å². The molecule has 4 nitrogen and oxygen atoms in total. The average molecular weight is 303 g/mol. The van der Waals surface area contributed by atoms with Crippen LogP contribution in [-0.2, 0) is 4.79 Å². The summed E-state index contributed by atoms with van der Waals surface area (Å²) in [6.45, 7) is 3.32. The fourth-order valence-corrected chi connectivity index (χ4v) is 2.74. The predicted molar refractivity (Wildman–Crippen MR) is 75.7 cm³/mol. The Morgan fingerprint density at radius 1 is 1.53 bits per heavy atom. The number of phenols is 1. The lowest BCUT2D eigenvalue weighted by Crippen LogP contribution is -2.34. The number of rotatable bonds is 3. The van der Waals surface area contributed by atoms with Gasteiger partial charge in [0.15, 0.2) is 0 Å². The molecule has 0 bridgehead atoms. The summed E-state index contributed by atoms with van der Waals surface area (Å²) in [4.78, 5) is 12.0. The van der Waals surface area contributed by atoms with Gasteiger partial charge >= 0.3 is 0 Å². The molecule has 0 spiro atoms. The molecule has 1 saturated heterocycles. The minimum Gasteiger partial charge on any atom is -0.508 e. The zero-order chi connectivity index (χ0) is 14.0. The molecule has 2 atom stereocenters. The molecule has 3 N–H and O–H groups in total. The van der Waals surface area contributed by atoms with Crippen molar-refractivity contribution in [2.45, 2.75) is 19.4 Å². The molecule has 104 valence electrons. The Hall–Kier alpha value is -0.970. The molecule has 0 saturated carbocycles. The van der Waals surface area contributed by atoms with Crippen LogP contribution in [0.2, 0.25) is 10.0 Å². The van der Waals surface area contributed by atoms with E-state index in [-0.39, 0.29) is 28.6 Å². The van der Waals surface area contributed by atoms with Gasteiger partial charge in [-0.2, -0.15) is 0 Å². The molecule has 0 aromatic heterocycles. The quantitative estimate of drug-likeness (QED) is 0.804. The number of carbonyl (C=O) groups excluding carboxylic acids is 1. The first-order valence-corrected chi connectivity index (χ1v) is 6.94. The second-order valence-electron chi connectivity index (χ2n) is 4.71. The van der Waals surface area contributed by atoms with E-state index in [1.165, 1.54) is 12.1 Å². The Bertz CT molecular complexity index is 488. The number of aromatic hydroxyl groups is 1. The molecule has 6 heteroatoms. The van der Waals surface area contributed by atoms with E-state index in [1.54, 1.807) is 6.92 Å². The van der Waals surface area contributed by atoms with Crippen LogP contribution in [0.4, 0.5) is 0 Å². The number of carbonyl (C=O) groups is 1. The van der Waals surface area contributed by atoms with Crippen LogP contribution in [0.5, 0.6) is 5.75 Å². The third-order valence-electron chi connectivity index (χ3n) is 3.33. The highest BCUT2D eigenvalue weighted by Crippen LogP contribution is 2.36. The van der Waals surface area contributed by atoms with Crippen LogP contribution >= 0.6 is 23.2 Å². The van der Waals surface area contributed by atoms with E-state index in [1.807, 2.05) is 0 Å². The number of halogens is 2. The molecular formula is C13H16Cl2N2O2. The lowest BCUT2D eigenvalue weighted by molar-refractivity contribution is -0.125. The molecule has 19 heavy (non-hydrogen) atoms. The van der Waals surface area contributed by atoms with Crippen LogP contribution in [-0.4, -0.2) is 24.1 Å². The number of amides is 1. The zero-order valence-electron chi connectivity index (χ0n) is 10.5. The van der Waals surface area contributed by atoms with Gasteiger partial charge in [-0.05, 0) is 32.0 Å². The van der Waals surface area contributed by atoms with Crippen LogP contribution < -0.4 is 10.6 Å². The van der Waals surface area contributed by atoms with Gasteiger partial charge in [0.1, 0.15) is 5.75 Å². The van der Waals surface area contributed by atoms with Gasteiger partial charge in [0.05, 0.1) is 22.0 Å². The molecule has 1 unspecified atom stereocenters. The van der Waals surface area contributed by atoms with Gasteiger partial charge in [0, 0.05) is 12.1 Å². The van der Waals surface area contributed by atoms with Gasteiger partial charge in [0.2, 0.25) is 5.91 Å². The molecular weight excluding hydrogens is 287 g/mol. The lowest BCUT2D eigenvalue weighted by Gasteiger charge is -2.19. The fraction of sp³-hybridized carbons (Fsp3) is 0.462. The number of benzene rings is 1. The van der Waals surface area contributed by atoms with Gasteiger partial charge in [0.25, 0.3) is 0 Å². The first-order valence-electron chi connectivity index (χ1n) is 6.18. The van der Waals surface area contributed by atoms with E-state index in [2.05, 4.69) is 10.6 Å². The van der Waals surface area contributed by atoms with E-state index in [0.717, 1.165) is 13.0 Å². The van der Waals surface area contributed by atoms with E-state index in [0.29, 0.717) is 17.1 Å². The Morgan fingerprint density at radius 3 is 2.89 bits per heavy atom. The predicted octanol–water partition coefficient (Wildman–Crippen LogP) is 2.49. The van der Waals surface area contributed by atoms with Crippen LogP contribution in [0.15, 0.2) is 12.1 Å². The van der Waals surface area contributed by atoms with Crippen molar-refractivity contribution in [2.75, 3.05) is 13.1 Å². The number of nitrogens with one attached hydrogen (secondary N) is 2. The van der Waals surface area contributed by atoms with Crippen LogP contribution in [0.3, 0.4) is 0 Å². The molecule has 0 aliphatic carbocycles. The maximum atomic E-state index is 12.0. The highest BCUT2D eigenvalue weighted by atomic mass is 35.5. The molecule has 1 fully saturated rings. The highest BCUT2D eigenvalue weighted by molar-refractivity contribution is 6.42. The van der Waals surface area contributed by atoms with Crippen LogP contribution in [0.1, 0.15) is 24.9 Å². The normalized spacial score (nSPS) is 20.3. The summed E-state index contributed by atoms with van der Waals surface area (Å²) >= 11 is 12.0. The highest BCUT2D eigenvalue weighted by Gasteiger charge is 2.25. The minimum atomic E-state index is -0.390. The van der Waals surface area contributed by atoms with Crippen molar-refractivity contribution in [2.24, 2.45) is 5.92 Å². The Morgan fingerprint density at radius 2 is 2.26 bits per heavy atom. The maximum Gasteiger partial charge on any atom is 0.224 e. The molecule has 1 heterocycles. The number of hydrogen-bond donors (Lipinski definition) is 3. The minimum absolute atomic E-state index is 0.0254. The summed E-state index contributed by atoms with van der Waals surface area (Å²) < 4.78 is 0. The molecule has 1 aliphatic rings. The first-order chi connectivity index (χ1) is 9.00. The van der Waals surface area contributed by atoms with Crippen molar-refractivity contribution in [3.8, 4) is 5.75 Å². The Labute approximate surface area is 122 Å². The summed E-state index contributed by atoms with van der Waals surface area (Å²) in [7, 11) is 0. The van der Waals surface area contributed by atoms with Gasteiger partial charge in [-0.15, -0.1) is 0 Å². The maximum absolute atomic E-state index is 12.0. The summed E-state index contributed by atoms with van der Waals surface area (Å²) in [6.07, 6.45) is 0.827. The van der Waals surface area contributed by atoms with Crippen molar-refractivity contribution in [3.63, 3.8) is 0 Å². The van der Waals surface area contributed by atoms with Gasteiger partial charge in [-0.25, -0.2) is 0 Å². The zero-order valence-corrected chi connectivity index (χ0v) is 12.1. The van der Waals surface area contributed by atoms with Crippen molar-refractivity contribution in [1.82, 2.24) is 10.6 Å². The SMILES string of the molecule is CC(NC(=O)[C@H]1CCNC1)c1c(O)ccc(Cl)c1Cl. The Kier molecular flexibility index (Phi) is 4.55. The largest absolute Gasteiger partial charge is 0.508 e. The van der Waals surface area contributed by atoms with E-state index >= 15 is 0 Å². The molecule has 1 aliphatic heterocycles. The standard InChI is InChI=1S/C13H16Cl2N2O2/c1-7(17-13(19)8-4-5-16-6-8)11-10(18)3-2-9(14)12(11)15/h2-3,7-8,16,18H,4-6H2,1H3,(H,17,19)/t7?,8-/m0/s1. The molecule has 1 amide bonds. The average Bonchev–Trinajstić information content (AvgIpc) is 2.88. The third-order valence-corrected chi connectivity index (χ3v) is 4.15. The second-order valence-corrected chi connectivity index (χ2v) is 5.50. The van der Waals surface area contributed by atoms with Gasteiger partial charge < -0.3 is 15.7 Å². The second kappa shape index (κ2) is 5.99. The molecule has 1 aromatic rings. The topological polar surface area (TPSA) is 61.4 Å². The summed E-state index contributed by atoms with van der Waals surface area (Å²) in [5, 5.41) is 16.5. The molecule has 1 aromatic carbocycles. The smallest absolute Gasteiger partial charge is 0.224 e. The van der Waals surface area contributed by atoms with Crippen LogP contribution in [0, 0.1) is 5.92 Å². The van der Waals surface area contributed by atoms with Gasteiger partial charge in [-0.1, -0.05) is 23.2 Å². The summed E-state index contributed by atoms with van der Waals surface area (Å²) in [6, 6.07) is 2.61. The molecule has 2 rings (SSSR count). The Balaban J connectivity index is 2.13. The van der Waals surface area contributed by atoms with E-state index in [9.17, 15) is 9.90 Å². The van der Waals surface area contributed by atoms with Gasteiger partial charge in [-0.3, -0.25) is 4.79 Å². The fourth-order valence-electron chi connectivity index (χ4n) is 2.25. The molecule has 0 radical (unpaired) electrons. The summed E-state index contributed by atoms with van der Waals surface area (Å²) in [5.41, 5.74) is 0.452. The van der Waals surface area contributed by atoms with Crippen molar-refractivity contribution < 1.29 is 9.90 Å². The lowest BCUT2D eigenvalue weighted by atomic mass is 10.0. The van der Waals surface area contributed by atoms with Crippen LogP contribution in [0.25, 0.3) is 0 Å². The number of phenolic OH excluding ortho intramolecular Hbond substituents is 1. The monoisotopic (exact) mass is 302 g/mol. The van der Waals surface area contributed by atoms with Crippen molar-refractivity contribution in [1.29, 1.82) is 0 Å². The summed E-state index contributed by atoms with van der Waals surface area (Å²) in [5.74, 6) is -0.0257. The van der Waals surface area contributed by atoms with Crippen molar-refractivity contribution >= 4 is 29.1 Å². The first kappa shape index (κ1) is 14.4. The number of hydrogen-bond acceptors (Lipinski definition) is 3. The van der Waals surface area contributed by atoms with E-state index < -0.39 is 0 Å². The third kappa shape index (κ3) is 3.14. The van der Waals surface area contributed by atoms with E-state index in [4.69, 9.17) is 23.2 Å².